The second kappa shape index (κ2) is 9.35. The van der Waals surface area contributed by atoms with Crippen LogP contribution in [-0.2, 0) is 9.59 Å². The average molecular weight is 476 g/mol. The molecule has 3 aromatic rings. The Balaban J connectivity index is 1.96. The molecule has 1 N–H and O–H groups in total. The molecule has 1 fully saturated rings. The maximum Gasteiger partial charge on any atom is 0.300 e. The van der Waals surface area contributed by atoms with Crippen molar-refractivity contribution in [1.82, 2.24) is 0 Å². The van der Waals surface area contributed by atoms with Gasteiger partial charge in [-0.05, 0) is 54.3 Å². The summed E-state index contributed by atoms with van der Waals surface area (Å²) < 4.78 is 5.39. The molecule has 0 radical (unpaired) electrons. The quantitative estimate of drug-likeness (QED) is 0.263. The number of Topliss-reactive ketones (excluding diaryl/α,β-unsaturated/α-hetero) is 1. The molecule has 1 aliphatic heterocycles. The number of ketones is 1. The number of carbonyl (C=O) groups is 2. The number of methoxy groups -OCH3 is 1. The Morgan fingerprint density at radius 1 is 1.03 bits per heavy atom. The molecule has 5 nitrogen and oxygen atoms in total. The fourth-order valence-corrected chi connectivity index (χ4v) is 4.46. The summed E-state index contributed by atoms with van der Waals surface area (Å²) in [7, 11) is 1.47. The maximum atomic E-state index is 13.3. The van der Waals surface area contributed by atoms with E-state index in [1.165, 1.54) is 18.1 Å². The zero-order chi connectivity index (χ0) is 24.6. The fourth-order valence-electron chi connectivity index (χ4n) is 4.28. The molecule has 1 unspecified atom stereocenters. The molecule has 1 saturated heterocycles. The van der Waals surface area contributed by atoms with Gasteiger partial charge in [-0.15, -0.1) is 0 Å². The number of carbonyl (C=O) groups excluding carboxylic acids is 2. The minimum Gasteiger partial charge on any atom is -0.507 e. The molecule has 1 amide bonds. The Hall–Kier alpha value is -3.57. The van der Waals surface area contributed by atoms with E-state index >= 15 is 0 Å². The number of ether oxygens (including phenoxy) is 1. The highest BCUT2D eigenvalue weighted by molar-refractivity contribution is 6.51. The van der Waals surface area contributed by atoms with Crippen LogP contribution in [0.25, 0.3) is 5.76 Å². The van der Waals surface area contributed by atoms with Crippen LogP contribution in [0.1, 0.15) is 48.1 Å². The molecular formula is C28H26ClNO4. The first-order chi connectivity index (χ1) is 16.2. The lowest BCUT2D eigenvalue weighted by Crippen LogP contribution is -2.29. The standard InChI is InChI=1S/C28H26ClNO4/c1-16(2)18-8-11-21(12-9-18)30-25(19-7-5-6-17(3)14-19)24(27(32)28(30)33)26(31)22-15-20(29)10-13-23(22)34-4/h5-16,25,31H,1-4H3/b26-24+. The van der Waals surface area contributed by atoms with Crippen LogP contribution in [0.3, 0.4) is 0 Å². The van der Waals surface area contributed by atoms with Crippen LogP contribution < -0.4 is 9.64 Å². The molecular weight excluding hydrogens is 450 g/mol. The molecule has 174 valence electrons. The first-order valence-corrected chi connectivity index (χ1v) is 11.4. The molecule has 0 saturated carbocycles. The third kappa shape index (κ3) is 4.19. The molecule has 0 bridgehead atoms. The van der Waals surface area contributed by atoms with Gasteiger partial charge in [-0.2, -0.15) is 0 Å². The van der Waals surface area contributed by atoms with E-state index in [4.69, 9.17) is 16.3 Å². The van der Waals surface area contributed by atoms with Crippen LogP contribution in [0.4, 0.5) is 5.69 Å². The van der Waals surface area contributed by atoms with Gasteiger partial charge < -0.3 is 9.84 Å². The zero-order valence-corrected chi connectivity index (χ0v) is 20.3. The van der Waals surface area contributed by atoms with Gasteiger partial charge in [0.25, 0.3) is 11.7 Å². The van der Waals surface area contributed by atoms with Crippen molar-refractivity contribution < 1.29 is 19.4 Å². The van der Waals surface area contributed by atoms with Crippen LogP contribution in [0.5, 0.6) is 5.75 Å². The second-order valence-corrected chi connectivity index (χ2v) is 9.11. The minimum atomic E-state index is -0.812. The molecule has 4 rings (SSSR count). The van der Waals surface area contributed by atoms with Gasteiger partial charge in [0.1, 0.15) is 11.5 Å². The molecule has 3 aromatic carbocycles. The Morgan fingerprint density at radius 3 is 2.35 bits per heavy atom. The van der Waals surface area contributed by atoms with Crippen LogP contribution in [0, 0.1) is 6.92 Å². The van der Waals surface area contributed by atoms with Crippen molar-refractivity contribution in [3.05, 3.63) is 99.6 Å². The summed E-state index contributed by atoms with van der Waals surface area (Å²) in [4.78, 5) is 28.1. The largest absolute Gasteiger partial charge is 0.507 e. The summed E-state index contributed by atoms with van der Waals surface area (Å²) in [6.07, 6.45) is 0. The Morgan fingerprint density at radius 2 is 1.74 bits per heavy atom. The summed E-state index contributed by atoms with van der Waals surface area (Å²) in [6.45, 7) is 6.12. The van der Waals surface area contributed by atoms with E-state index in [2.05, 4.69) is 13.8 Å². The maximum absolute atomic E-state index is 13.3. The van der Waals surface area contributed by atoms with Gasteiger partial charge in [-0.25, -0.2) is 0 Å². The van der Waals surface area contributed by atoms with Gasteiger partial charge in [-0.1, -0.05) is 67.4 Å². The van der Waals surface area contributed by atoms with Crippen molar-refractivity contribution in [3.63, 3.8) is 0 Å². The number of amides is 1. The summed E-state index contributed by atoms with van der Waals surface area (Å²) >= 11 is 6.18. The summed E-state index contributed by atoms with van der Waals surface area (Å²) in [5, 5.41) is 11.7. The Bertz CT molecular complexity index is 1290. The molecule has 34 heavy (non-hydrogen) atoms. The van der Waals surface area contributed by atoms with E-state index < -0.39 is 17.7 Å². The first kappa shape index (κ1) is 23.6. The number of aliphatic hydroxyl groups excluding tert-OH is 1. The van der Waals surface area contributed by atoms with Gasteiger partial charge >= 0.3 is 0 Å². The number of aliphatic hydroxyl groups is 1. The lowest BCUT2D eigenvalue weighted by Gasteiger charge is -2.26. The van der Waals surface area contributed by atoms with Gasteiger partial charge in [0.05, 0.1) is 24.3 Å². The monoisotopic (exact) mass is 475 g/mol. The van der Waals surface area contributed by atoms with Crippen molar-refractivity contribution in [1.29, 1.82) is 0 Å². The number of aryl methyl sites for hydroxylation is 1. The highest BCUT2D eigenvalue weighted by Gasteiger charge is 2.47. The number of hydrogen-bond donors (Lipinski definition) is 1. The van der Waals surface area contributed by atoms with Crippen molar-refractivity contribution >= 4 is 34.7 Å². The number of hydrogen-bond acceptors (Lipinski definition) is 4. The number of halogens is 1. The van der Waals surface area contributed by atoms with Crippen molar-refractivity contribution in [2.75, 3.05) is 12.0 Å². The zero-order valence-electron chi connectivity index (χ0n) is 19.5. The first-order valence-electron chi connectivity index (χ1n) is 11.0. The highest BCUT2D eigenvalue weighted by Crippen LogP contribution is 2.44. The third-order valence-electron chi connectivity index (χ3n) is 6.06. The molecule has 1 heterocycles. The summed E-state index contributed by atoms with van der Waals surface area (Å²) in [6, 6.07) is 19.1. The number of benzene rings is 3. The fraction of sp³-hybridized carbons (Fsp3) is 0.214. The predicted molar refractivity (Wildman–Crippen MR) is 134 cm³/mol. The predicted octanol–water partition coefficient (Wildman–Crippen LogP) is 6.41. The highest BCUT2D eigenvalue weighted by atomic mass is 35.5. The van der Waals surface area contributed by atoms with Crippen molar-refractivity contribution in [2.45, 2.75) is 32.7 Å². The van der Waals surface area contributed by atoms with Crippen molar-refractivity contribution in [2.24, 2.45) is 0 Å². The van der Waals surface area contributed by atoms with E-state index in [1.807, 2.05) is 55.5 Å². The topological polar surface area (TPSA) is 66.8 Å². The smallest absolute Gasteiger partial charge is 0.300 e. The number of nitrogens with zero attached hydrogens (tertiary/aromatic N) is 1. The SMILES string of the molecule is COc1ccc(Cl)cc1/C(O)=C1\C(=O)C(=O)N(c2ccc(C(C)C)cc2)C1c1cccc(C)c1. The number of rotatable bonds is 5. The van der Waals surface area contributed by atoms with Gasteiger partial charge in [0.15, 0.2) is 0 Å². The Kier molecular flexibility index (Phi) is 6.49. The van der Waals surface area contributed by atoms with E-state index in [0.29, 0.717) is 22.4 Å². The van der Waals surface area contributed by atoms with E-state index in [0.717, 1.165) is 16.7 Å². The van der Waals surface area contributed by atoms with Crippen molar-refractivity contribution in [3.8, 4) is 5.75 Å². The molecule has 0 spiro atoms. The Labute approximate surface area is 204 Å². The van der Waals surface area contributed by atoms with E-state index in [9.17, 15) is 14.7 Å². The second-order valence-electron chi connectivity index (χ2n) is 8.67. The molecule has 0 aliphatic carbocycles. The normalized spacial score (nSPS) is 17.5. The van der Waals surface area contributed by atoms with Gasteiger partial charge in [0, 0.05) is 10.7 Å². The lowest BCUT2D eigenvalue weighted by atomic mass is 9.94. The van der Waals surface area contributed by atoms with E-state index in [-0.39, 0.29) is 16.9 Å². The third-order valence-corrected chi connectivity index (χ3v) is 6.29. The minimum absolute atomic E-state index is 0.0101. The van der Waals surface area contributed by atoms with Gasteiger partial charge in [0.2, 0.25) is 0 Å². The summed E-state index contributed by atoms with van der Waals surface area (Å²) in [5.41, 5.74) is 3.63. The van der Waals surface area contributed by atoms with Crippen LogP contribution in [0.2, 0.25) is 5.02 Å². The molecule has 1 atom stereocenters. The average Bonchev–Trinajstić information content (AvgIpc) is 3.09. The molecule has 1 aliphatic rings. The van der Waals surface area contributed by atoms with E-state index in [1.54, 1.807) is 12.1 Å². The summed E-state index contributed by atoms with van der Waals surface area (Å²) in [5.74, 6) is -1.12. The van der Waals surface area contributed by atoms with Crippen LogP contribution in [0.15, 0.2) is 72.3 Å². The molecule has 0 aromatic heterocycles. The lowest BCUT2D eigenvalue weighted by molar-refractivity contribution is -0.132. The van der Waals surface area contributed by atoms with Crippen LogP contribution >= 0.6 is 11.6 Å². The van der Waals surface area contributed by atoms with Crippen LogP contribution in [-0.4, -0.2) is 23.9 Å². The number of anilines is 1. The van der Waals surface area contributed by atoms with Gasteiger partial charge in [-0.3, -0.25) is 14.5 Å². The molecule has 6 heteroatoms.